The van der Waals surface area contributed by atoms with Gasteiger partial charge in [-0.15, -0.1) is 0 Å². The van der Waals surface area contributed by atoms with E-state index in [0.717, 1.165) is 32.3 Å². The highest BCUT2D eigenvalue weighted by atomic mass is 16.7. The van der Waals surface area contributed by atoms with Crippen LogP contribution in [-0.4, -0.2) is 19.0 Å². The number of hydrogen-bond donors (Lipinski definition) is 0. The van der Waals surface area contributed by atoms with Crippen LogP contribution in [0.4, 0.5) is 0 Å². The summed E-state index contributed by atoms with van der Waals surface area (Å²) in [7, 11) is 0. The van der Waals surface area contributed by atoms with Gasteiger partial charge < -0.3 is 9.47 Å². The largest absolute Gasteiger partial charge is 0.353 e. The Kier molecular flexibility index (Phi) is 8.87. The van der Waals surface area contributed by atoms with Crippen molar-refractivity contribution in [2.75, 3.05) is 6.61 Å². The lowest BCUT2D eigenvalue weighted by Gasteiger charge is -2.22. The standard InChI is InChI=1S/C16H28O2/c1-3-17-15(2)18-16-13-11-9-7-5-4-6-8-10-12-14-16/h5,7-8,10,15-16H,3-4,6,9,11-14H2,1-2H3/b7-5+,10-8?. The van der Waals surface area contributed by atoms with Crippen LogP contribution in [-0.2, 0) is 9.47 Å². The first-order valence-corrected chi connectivity index (χ1v) is 7.40. The van der Waals surface area contributed by atoms with Crippen molar-refractivity contribution in [3.8, 4) is 0 Å². The number of rotatable bonds is 4. The second-order valence-corrected chi connectivity index (χ2v) is 4.81. The Bertz CT molecular complexity index is 245. The van der Waals surface area contributed by atoms with Crippen LogP contribution in [0.25, 0.3) is 0 Å². The summed E-state index contributed by atoms with van der Waals surface area (Å²) in [5.41, 5.74) is 0. The van der Waals surface area contributed by atoms with E-state index in [9.17, 15) is 0 Å². The van der Waals surface area contributed by atoms with Gasteiger partial charge in [0.1, 0.15) is 0 Å². The minimum Gasteiger partial charge on any atom is -0.353 e. The fraction of sp³-hybridized carbons (Fsp3) is 0.750. The Morgan fingerprint density at radius 1 is 1.00 bits per heavy atom. The van der Waals surface area contributed by atoms with Crippen LogP contribution in [0, 0.1) is 0 Å². The first-order chi connectivity index (χ1) is 8.83. The summed E-state index contributed by atoms with van der Waals surface area (Å²) in [5, 5.41) is 0. The van der Waals surface area contributed by atoms with Gasteiger partial charge in [0, 0.05) is 6.61 Å². The molecule has 0 fully saturated rings. The molecule has 0 amide bonds. The van der Waals surface area contributed by atoms with Crippen LogP contribution >= 0.6 is 0 Å². The van der Waals surface area contributed by atoms with Gasteiger partial charge in [0.2, 0.25) is 0 Å². The van der Waals surface area contributed by atoms with Gasteiger partial charge in [0.15, 0.2) is 6.29 Å². The van der Waals surface area contributed by atoms with Crippen molar-refractivity contribution in [3.05, 3.63) is 24.3 Å². The van der Waals surface area contributed by atoms with Gasteiger partial charge in [0.25, 0.3) is 0 Å². The Morgan fingerprint density at radius 2 is 1.67 bits per heavy atom. The molecule has 0 aliphatic heterocycles. The predicted octanol–water partition coefficient (Wildman–Crippen LogP) is 4.61. The van der Waals surface area contributed by atoms with E-state index < -0.39 is 0 Å². The molecule has 1 aliphatic rings. The molecule has 0 N–H and O–H groups in total. The van der Waals surface area contributed by atoms with E-state index >= 15 is 0 Å². The zero-order chi connectivity index (χ0) is 13.1. The topological polar surface area (TPSA) is 18.5 Å². The monoisotopic (exact) mass is 252 g/mol. The third kappa shape index (κ3) is 7.67. The summed E-state index contributed by atoms with van der Waals surface area (Å²) >= 11 is 0. The fourth-order valence-corrected chi connectivity index (χ4v) is 2.23. The SMILES string of the molecule is CCOC(C)OC1CCC=CCC/C=C/CCC1. The molecule has 0 heterocycles. The molecule has 2 heteroatoms. The van der Waals surface area contributed by atoms with Gasteiger partial charge in [-0.2, -0.15) is 0 Å². The average Bonchev–Trinajstić information content (AvgIpc) is 2.33. The normalized spacial score (nSPS) is 26.0. The third-order valence-corrected chi connectivity index (χ3v) is 3.17. The van der Waals surface area contributed by atoms with E-state index in [0.29, 0.717) is 6.10 Å². The molecule has 2 atom stereocenters. The third-order valence-electron chi connectivity index (χ3n) is 3.17. The lowest BCUT2D eigenvalue weighted by Crippen LogP contribution is -2.22. The van der Waals surface area contributed by atoms with Crippen molar-refractivity contribution in [1.29, 1.82) is 0 Å². The van der Waals surface area contributed by atoms with Crippen molar-refractivity contribution in [2.45, 2.75) is 71.2 Å². The average molecular weight is 252 g/mol. The van der Waals surface area contributed by atoms with Crippen molar-refractivity contribution in [2.24, 2.45) is 0 Å². The minimum absolute atomic E-state index is 0.0765. The van der Waals surface area contributed by atoms with Crippen LogP contribution in [0.15, 0.2) is 24.3 Å². The molecule has 0 aromatic rings. The van der Waals surface area contributed by atoms with Crippen LogP contribution in [0.3, 0.4) is 0 Å². The lowest BCUT2D eigenvalue weighted by molar-refractivity contribution is -0.160. The summed E-state index contributed by atoms with van der Waals surface area (Å²) in [5.74, 6) is 0. The van der Waals surface area contributed by atoms with Gasteiger partial charge >= 0.3 is 0 Å². The Morgan fingerprint density at radius 3 is 2.39 bits per heavy atom. The van der Waals surface area contributed by atoms with Gasteiger partial charge in [-0.25, -0.2) is 0 Å². The highest BCUT2D eigenvalue weighted by Crippen LogP contribution is 2.15. The summed E-state index contributed by atoms with van der Waals surface area (Å²) in [6.07, 6.45) is 17.5. The van der Waals surface area contributed by atoms with Crippen molar-refractivity contribution >= 4 is 0 Å². The first-order valence-electron chi connectivity index (χ1n) is 7.40. The molecule has 0 aromatic heterocycles. The molecule has 2 nitrogen and oxygen atoms in total. The highest BCUT2D eigenvalue weighted by Gasteiger charge is 2.12. The zero-order valence-corrected chi connectivity index (χ0v) is 11.9. The Labute approximate surface area is 112 Å². The molecular formula is C16H28O2. The Hall–Kier alpha value is -0.600. The van der Waals surface area contributed by atoms with E-state index in [1.54, 1.807) is 0 Å². The summed E-state index contributed by atoms with van der Waals surface area (Å²) in [6, 6.07) is 0. The van der Waals surface area contributed by atoms with Gasteiger partial charge in [-0.05, 0) is 58.8 Å². The maximum absolute atomic E-state index is 5.96. The van der Waals surface area contributed by atoms with Crippen molar-refractivity contribution in [3.63, 3.8) is 0 Å². The molecule has 1 aliphatic carbocycles. The van der Waals surface area contributed by atoms with E-state index in [-0.39, 0.29) is 6.29 Å². The molecule has 2 unspecified atom stereocenters. The van der Waals surface area contributed by atoms with E-state index in [1.807, 2.05) is 13.8 Å². The lowest BCUT2D eigenvalue weighted by atomic mass is 10.1. The highest BCUT2D eigenvalue weighted by molar-refractivity contribution is 4.89. The van der Waals surface area contributed by atoms with Crippen LogP contribution in [0.5, 0.6) is 0 Å². The van der Waals surface area contributed by atoms with Crippen LogP contribution in [0.1, 0.15) is 58.8 Å². The minimum atomic E-state index is -0.0765. The van der Waals surface area contributed by atoms with E-state index in [2.05, 4.69) is 24.3 Å². The van der Waals surface area contributed by atoms with Gasteiger partial charge in [-0.1, -0.05) is 24.3 Å². The fourth-order valence-electron chi connectivity index (χ4n) is 2.23. The summed E-state index contributed by atoms with van der Waals surface area (Å²) in [4.78, 5) is 0. The van der Waals surface area contributed by atoms with Crippen LogP contribution < -0.4 is 0 Å². The van der Waals surface area contributed by atoms with Crippen molar-refractivity contribution < 1.29 is 9.47 Å². The van der Waals surface area contributed by atoms with Gasteiger partial charge in [-0.3, -0.25) is 0 Å². The maximum atomic E-state index is 5.96. The molecular weight excluding hydrogens is 224 g/mol. The molecule has 0 bridgehead atoms. The molecule has 0 radical (unpaired) electrons. The number of allylic oxidation sites excluding steroid dienone is 4. The summed E-state index contributed by atoms with van der Waals surface area (Å²) < 4.78 is 11.4. The Balaban J connectivity index is 2.37. The molecule has 0 saturated heterocycles. The van der Waals surface area contributed by atoms with E-state index in [1.165, 1.54) is 19.3 Å². The number of hydrogen-bond acceptors (Lipinski definition) is 2. The molecule has 1 rings (SSSR count). The van der Waals surface area contributed by atoms with Gasteiger partial charge in [0.05, 0.1) is 6.10 Å². The zero-order valence-electron chi connectivity index (χ0n) is 11.9. The molecule has 0 aromatic carbocycles. The van der Waals surface area contributed by atoms with E-state index in [4.69, 9.17) is 9.47 Å². The molecule has 104 valence electrons. The molecule has 0 saturated carbocycles. The molecule has 18 heavy (non-hydrogen) atoms. The maximum Gasteiger partial charge on any atom is 0.155 e. The quantitative estimate of drug-likeness (QED) is 0.537. The number of ether oxygens (including phenoxy) is 2. The van der Waals surface area contributed by atoms with Crippen molar-refractivity contribution in [1.82, 2.24) is 0 Å². The predicted molar refractivity (Wildman–Crippen MR) is 76.6 cm³/mol. The molecule has 0 spiro atoms. The first kappa shape index (κ1) is 15.5. The van der Waals surface area contributed by atoms with Crippen LogP contribution in [0.2, 0.25) is 0 Å². The smallest absolute Gasteiger partial charge is 0.155 e. The second-order valence-electron chi connectivity index (χ2n) is 4.81. The summed E-state index contributed by atoms with van der Waals surface area (Å²) in [6.45, 7) is 4.72. The second kappa shape index (κ2) is 10.3.